The van der Waals surface area contributed by atoms with Crippen molar-refractivity contribution in [1.82, 2.24) is 4.90 Å². The van der Waals surface area contributed by atoms with Crippen molar-refractivity contribution >= 4 is 23.2 Å². The first-order chi connectivity index (χ1) is 10.9. The number of amides is 2. The summed E-state index contributed by atoms with van der Waals surface area (Å²) in [7, 11) is 0. The van der Waals surface area contributed by atoms with Crippen LogP contribution in [0.4, 0.5) is 11.4 Å². The summed E-state index contributed by atoms with van der Waals surface area (Å²) in [5.74, 6) is -0.189. The van der Waals surface area contributed by atoms with Crippen LogP contribution in [0.1, 0.15) is 20.3 Å². The molecule has 1 aromatic carbocycles. The fourth-order valence-corrected chi connectivity index (χ4v) is 3.37. The van der Waals surface area contributed by atoms with Gasteiger partial charge in [0, 0.05) is 6.54 Å². The zero-order chi connectivity index (χ0) is 16.6. The van der Waals surface area contributed by atoms with Crippen LogP contribution in [-0.4, -0.2) is 48.9 Å². The summed E-state index contributed by atoms with van der Waals surface area (Å²) in [4.78, 5) is 28.6. The van der Waals surface area contributed by atoms with Crippen molar-refractivity contribution in [2.24, 2.45) is 11.1 Å². The maximum atomic E-state index is 13.0. The van der Waals surface area contributed by atoms with Gasteiger partial charge >= 0.3 is 0 Å². The van der Waals surface area contributed by atoms with Gasteiger partial charge in [-0.25, -0.2) is 0 Å². The van der Waals surface area contributed by atoms with Crippen molar-refractivity contribution in [3.05, 3.63) is 24.3 Å². The van der Waals surface area contributed by atoms with Crippen LogP contribution in [0.3, 0.4) is 0 Å². The smallest absolute Gasteiger partial charge is 0.244 e. The molecule has 2 aliphatic rings. The Kier molecular flexibility index (Phi) is 4.12. The highest BCUT2D eigenvalue weighted by Crippen LogP contribution is 2.33. The van der Waals surface area contributed by atoms with E-state index in [2.05, 4.69) is 17.1 Å². The Morgan fingerprint density at radius 1 is 1.43 bits per heavy atom. The summed E-state index contributed by atoms with van der Waals surface area (Å²) in [6.07, 6.45) is 0.998. The van der Waals surface area contributed by atoms with Crippen molar-refractivity contribution in [2.45, 2.75) is 26.3 Å². The predicted octanol–water partition coefficient (Wildman–Crippen LogP) is 1.03. The summed E-state index contributed by atoms with van der Waals surface area (Å²) in [6, 6.07) is 7.15. The van der Waals surface area contributed by atoms with Gasteiger partial charge in [0.05, 0.1) is 17.4 Å². The van der Waals surface area contributed by atoms with Gasteiger partial charge in [-0.15, -0.1) is 0 Å². The van der Waals surface area contributed by atoms with Gasteiger partial charge in [-0.1, -0.05) is 19.1 Å². The summed E-state index contributed by atoms with van der Waals surface area (Å²) >= 11 is 0. The molecule has 23 heavy (non-hydrogen) atoms. The Bertz CT molecular complexity index is 633. The summed E-state index contributed by atoms with van der Waals surface area (Å²) in [5, 5.41) is 2.81. The first-order valence-corrected chi connectivity index (χ1v) is 8.08. The number of para-hydroxylation sites is 2. The minimum absolute atomic E-state index is 0.0337. The van der Waals surface area contributed by atoms with Crippen LogP contribution in [0.25, 0.3) is 0 Å². The van der Waals surface area contributed by atoms with Gasteiger partial charge in [-0.2, -0.15) is 0 Å². The van der Waals surface area contributed by atoms with E-state index < -0.39 is 0 Å². The Morgan fingerprint density at radius 3 is 2.87 bits per heavy atom. The van der Waals surface area contributed by atoms with E-state index >= 15 is 0 Å². The van der Waals surface area contributed by atoms with Gasteiger partial charge in [0.25, 0.3) is 0 Å². The average Bonchev–Trinajstić information content (AvgIpc) is 2.95. The highest BCUT2D eigenvalue weighted by molar-refractivity contribution is 6.11. The zero-order valence-electron chi connectivity index (χ0n) is 13.7. The van der Waals surface area contributed by atoms with Gasteiger partial charge in [-0.3, -0.25) is 19.4 Å². The summed E-state index contributed by atoms with van der Waals surface area (Å²) < 4.78 is 0. The molecule has 0 saturated carbocycles. The number of nitrogens with one attached hydrogen (secondary N) is 1. The van der Waals surface area contributed by atoms with Crippen LogP contribution in [-0.2, 0) is 9.59 Å². The Labute approximate surface area is 136 Å². The molecule has 1 saturated heterocycles. The average molecular weight is 316 g/mol. The third kappa shape index (κ3) is 2.96. The number of nitrogens with two attached hydrogens (primary N) is 1. The lowest BCUT2D eigenvalue weighted by atomic mass is 9.90. The summed E-state index contributed by atoms with van der Waals surface area (Å²) in [6.45, 7) is 6.45. The van der Waals surface area contributed by atoms with E-state index in [1.54, 1.807) is 4.90 Å². The van der Waals surface area contributed by atoms with E-state index in [1.165, 1.54) is 0 Å². The van der Waals surface area contributed by atoms with Crippen molar-refractivity contribution in [2.75, 3.05) is 36.4 Å². The highest BCUT2D eigenvalue weighted by Gasteiger charge is 2.39. The second-order valence-corrected chi connectivity index (χ2v) is 6.90. The topological polar surface area (TPSA) is 78.7 Å². The molecule has 2 unspecified atom stereocenters. The van der Waals surface area contributed by atoms with Crippen molar-refractivity contribution in [1.29, 1.82) is 0 Å². The van der Waals surface area contributed by atoms with Gasteiger partial charge in [0.15, 0.2) is 0 Å². The normalized spacial score (nSPS) is 25.9. The molecule has 0 aromatic heterocycles. The van der Waals surface area contributed by atoms with Crippen LogP contribution in [0, 0.1) is 5.41 Å². The lowest BCUT2D eigenvalue weighted by molar-refractivity contribution is -0.125. The molecule has 0 radical (unpaired) electrons. The quantitative estimate of drug-likeness (QED) is 0.873. The number of hydrogen-bond acceptors (Lipinski definition) is 4. The lowest BCUT2D eigenvalue weighted by Gasteiger charge is -2.34. The fourth-order valence-electron chi connectivity index (χ4n) is 3.37. The Morgan fingerprint density at radius 2 is 2.17 bits per heavy atom. The van der Waals surface area contributed by atoms with Gasteiger partial charge in [-0.05, 0) is 44.0 Å². The number of carbonyl (C=O) groups is 2. The Balaban J connectivity index is 1.79. The number of anilines is 2. The van der Waals surface area contributed by atoms with E-state index in [0.29, 0.717) is 12.2 Å². The largest absolute Gasteiger partial charge is 0.330 e. The molecular formula is C17H24N4O2. The molecule has 3 N–H and O–H groups in total. The van der Waals surface area contributed by atoms with E-state index in [0.717, 1.165) is 25.2 Å². The van der Waals surface area contributed by atoms with E-state index in [9.17, 15) is 9.59 Å². The van der Waals surface area contributed by atoms with Crippen molar-refractivity contribution in [3.63, 3.8) is 0 Å². The van der Waals surface area contributed by atoms with Crippen LogP contribution in [0.2, 0.25) is 0 Å². The molecular weight excluding hydrogens is 292 g/mol. The molecule has 1 aromatic rings. The maximum Gasteiger partial charge on any atom is 0.244 e. The second-order valence-electron chi connectivity index (χ2n) is 6.90. The molecule has 2 aliphatic heterocycles. The number of likely N-dealkylation sites (tertiary alicyclic amines) is 1. The molecule has 2 heterocycles. The predicted molar refractivity (Wildman–Crippen MR) is 90.2 cm³/mol. The first-order valence-electron chi connectivity index (χ1n) is 8.08. The second kappa shape index (κ2) is 5.94. The number of hydrogen-bond donors (Lipinski definition) is 2. The minimum Gasteiger partial charge on any atom is -0.330 e. The van der Waals surface area contributed by atoms with E-state index in [4.69, 9.17) is 5.73 Å². The van der Waals surface area contributed by atoms with Crippen LogP contribution >= 0.6 is 0 Å². The molecule has 6 heteroatoms. The van der Waals surface area contributed by atoms with Gasteiger partial charge in [0.2, 0.25) is 11.8 Å². The highest BCUT2D eigenvalue weighted by atomic mass is 16.2. The molecule has 0 aliphatic carbocycles. The van der Waals surface area contributed by atoms with Crippen LogP contribution < -0.4 is 16.0 Å². The lowest BCUT2D eigenvalue weighted by Crippen LogP contribution is -2.51. The zero-order valence-corrected chi connectivity index (χ0v) is 13.7. The van der Waals surface area contributed by atoms with E-state index in [-0.39, 0.29) is 29.8 Å². The van der Waals surface area contributed by atoms with Gasteiger partial charge < -0.3 is 11.1 Å². The monoisotopic (exact) mass is 316 g/mol. The molecule has 3 rings (SSSR count). The molecule has 0 bridgehead atoms. The minimum atomic E-state index is -0.262. The molecule has 0 spiro atoms. The van der Waals surface area contributed by atoms with Crippen molar-refractivity contribution < 1.29 is 9.59 Å². The Hall–Kier alpha value is -1.92. The number of benzene rings is 1. The number of rotatable bonds is 3. The number of nitrogens with zero attached hydrogens (tertiary/aromatic N) is 2. The van der Waals surface area contributed by atoms with Crippen molar-refractivity contribution in [3.8, 4) is 0 Å². The third-order valence-electron chi connectivity index (χ3n) is 5.02. The molecule has 124 valence electrons. The SMILES string of the molecule is CC(C(=O)N1CC(=O)Nc2ccccc21)N1CCC(C)(CN)C1. The summed E-state index contributed by atoms with van der Waals surface area (Å²) in [5.41, 5.74) is 7.39. The van der Waals surface area contributed by atoms with Crippen LogP contribution in [0.5, 0.6) is 0 Å². The number of fused-ring (bicyclic) bond motifs is 1. The molecule has 1 fully saturated rings. The molecule has 2 atom stereocenters. The first kappa shape index (κ1) is 16.0. The molecule has 2 amide bonds. The number of carbonyl (C=O) groups excluding carboxylic acids is 2. The fraction of sp³-hybridized carbons (Fsp3) is 0.529. The maximum absolute atomic E-state index is 13.0. The van der Waals surface area contributed by atoms with Gasteiger partial charge in [0.1, 0.15) is 6.54 Å². The molecule has 6 nitrogen and oxygen atoms in total. The standard InChI is InChI=1S/C17H24N4O2/c1-12(20-8-7-17(2,10-18)11-20)16(23)21-9-15(22)19-13-5-3-4-6-14(13)21/h3-6,12H,7-11,18H2,1-2H3,(H,19,22). The van der Waals surface area contributed by atoms with Crippen LogP contribution in [0.15, 0.2) is 24.3 Å². The third-order valence-corrected chi connectivity index (χ3v) is 5.02. The van der Waals surface area contributed by atoms with E-state index in [1.807, 2.05) is 31.2 Å².